The first-order valence-corrected chi connectivity index (χ1v) is 10.3. The molecule has 0 bridgehead atoms. The molecule has 1 saturated heterocycles. The van der Waals surface area contributed by atoms with E-state index in [1.54, 1.807) is 29.9 Å². The topological polar surface area (TPSA) is 91.6 Å². The van der Waals surface area contributed by atoms with Crippen molar-refractivity contribution < 1.29 is 9.59 Å². The van der Waals surface area contributed by atoms with Gasteiger partial charge in [0, 0.05) is 49.3 Å². The minimum atomic E-state index is -0.336. The summed E-state index contributed by atoms with van der Waals surface area (Å²) in [7, 11) is 0. The van der Waals surface area contributed by atoms with Gasteiger partial charge in [0.15, 0.2) is 5.65 Å². The molecule has 0 saturated carbocycles. The number of anilines is 2. The van der Waals surface area contributed by atoms with E-state index in [2.05, 4.69) is 31.7 Å². The smallest absolute Gasteiger partial charge is 0.257 e. The largest absolute Gasteiger partial charge is 0.371 e. The van der Waals surface area contributed by atoms with Gasteiger partial charge in [0.25, 0.3) is 5.91 Å². The standard InChI is InChI=1S/C22H26N6O2/c1-15(24-22(30)20-16(2)26-28-12-6-9-23-21(20)28)13-19(29)25-17-7-5-8-18(14-17)27-10-3-4-11-27/h5-9,12,14-15H,3-4,10-11,13H2,1-2H3,(H,24,30)(H,25,29). The highest BCUT2D eigenvalue weighted by Crippen LogP contribution is 2.23. The van der Waals surface area contributed by atoms with Gasteiger partial charge in [-0.2, -0.15) is 5.10 Å². The molecule has 1 unspecified atom stereocenters. The van der Waals surface area contributed by atoms with Crippen LogP contribution in [0, 0.1) is 6.92 Å². The molecule has 8 nitrogen and oxygen atoms in total. The lowest BCUT2D eigenvalue weighted by Gasteiger charge is -2.19. The van der Waals surface area contributed by atoms with E-state index in [4.69, 9.17) is 0 Å². The lowest BCUT2D eigenvalue weighted by Crippen LogP contribution is -2.35. The molecule has 0 radical (unpaired) electrons. The molecule has 1 aliphatic heterocycles. The van der Waals surface area contributed by atoms with Crippen molar-refractivity contribution in [3.63, 3.8) is 0 Å². The fourth-order valence-corrected chi connectivity index (χ4v) is 3.86. The third-order valence-corrected chi connectivity index (χ3v) is 5.27. The summed E-state index contributed by atoms with van der Waals surface area (Å²) in [5, 5.41) is 10.1. The first-order chi connectivity index (χ1) is 14.5. The monoisotopic (exact) mass is 406 g/mol. The number of aryl methyl sites for hydroxylation is 1. The van der Waals surface area contributed by atoms with Crippen molar-refractivity contribution >= 4 is 28.8 Å². The Balaban J connectivity index is 1.36. The van der Waals surface area contributed by atoms with E-state index >= 15 is 0 Å². The Morgan fingerprint density at radius 3 is 2.80 bits per heavy atom. The first kappa shape index (κ1) is 19.9. The van der Waals surface area contributed by atoms with Gasteiger partial charge in [0.05, 0.1) is 5.69 Å². The summed E-state index contributed by atoms with van der Waals surface area (Å²) >= 11 is 0. The highest BCUT2D eigenvalue weighted by atomic mass is 16.2. The van der Waals surface area contributed by atoms with Crippen molar-refractivity contribution in [2.24, 2.45) is 0 Å². The van der Waals surface area contributed by atoms with E-state index in [-0.39, 0.29) is 24.3 Å². The van der Waals surface area contributed by atoms with E-state index in [0.717, 1.165) is 24.5 Å². The molecule has 1 aliphatic rings. The summed E-state index contributed by atoms with van der Waals surface area (Å²) < 4.78 is 1.58. The Morgan fingerprint density at radius 2 is 2.00 bits per heavy atom. The number of benzene rings is 1. The van der Waals surface area contributed by atoms with Gasteiger partial charge in [-0.1, -0.05) is 6.07 Å². The Labute approximate surface area is 175 Å². The zero-order chi connectivity index (χ0) is 21.1. The summed E-state index contributed by atoms with van der Waals surface area (Å²) in [4.78, 5) is 31.8. The third kappa shape index (κ3) is 4.27. The van der Waals surface area contributed by atoms with Gasteiger partial charge in [0.2, 0.25) is 5.91 Å². The molecular weight excluding hydrogens is 380 g/mol. The van der Waals surface area contributed by atoms with Gasteiger partial charge in [-0.05, 0) is 51.0 Å². The highest BCUT2D eigenvalue weighted by molar-refractivity contribution is 6.01. The van der Waals surface area contributed by atoms with Crippen LogP contribution in [0.3, 0.4) is 0 Å². The number of hydrogen-bond donors (Lipinski definition) is 2. The lowest BCUT2D eigenvalue weighted by atomic mass is 10.1. The number of carbonyl (C=O) groups is 2. The van der Waals surface area contributed by atoms with Crippen molar-refractivity contribution in [1.29, 1.82) is 0 Å². The summed E-state index contributed by atoms with van der Waals surface area (Å²) in [6.45, 7) is 5.69. The summed E-state index contributed by atoms with van der Waals surface area (Å²) in [5.74, 6) is -0.423. The summed E-state index contributed by atoms with van der Waals surface area (Å²) in [6, 6.07) is 9.32. The van der Waals surface area contributed by atoms with Crippen LogP contribution in [0.5, 0.6) is 0 Å². The Hall–Kier alpha value is -3.42. The van der Waals surface area contributed by atoms with Crippen LogP contribution in [0.1, 0.15) is 42.2 Å². The Bertz CT molecular complexity index is 1070. The molecule has 4 rings (SSSR count). The second kappa shape index (κ2) is 8.52. The fourth-order valence-electron chi connectivity index (χ4n) is 3.86. The quantitative estimate of drug-likeness (QED) is 0.657. The number of nitrogens with zero attached hydrogens (tertiary/aromatic N) is 4. The number of rotatable bonds is 6. The summed E-state index contributed by atoms with van der Waals surface area (Å²) in [6.07, 6.45) is 5.95. The van der Waals surface area contributed by atoms with Crippen LogP contribution >= 0.6 is 0 Å². The molecule has 2 amide bonds. The zero-order valence-electron chi connectivity index (χ0n) is 17.3. The van der Waals surface area contributed by atoms with Gasteiger partial charge in [-0.15, -0.1) is 0 Å². The van der Waals surface area contributed by atoms with Crippen LogP contribution in [0.25, 0.3) is 5.65 Å². The number of aromatic nitrogens is 3. The maximum absolute atomic E-state index is 12.7. The van der Waals surface area contributed by atoms with Crippen LogP contribution in [-0.4, -0.2) is 45.5 Å². The second-order valence-corrected chi connectivity index (χ2v) is 7.72. The predicted octanol–water partition coefficient (Wildman–Crippen LogP) is 2.79. The maximum Gasteiger partial charge on any atom is 0.257 e. The molecule has 8 heteroatoms. The zero-order valence-corrected chi connectivity index (χ0v) is 17.3. The van der Waals surface area contributed by atoms with Gasteiger partial charge >= 0.3 is 0 Å². The van der Waals surface area contributed by atoms with Crippen molar-refractivity contribution in [2.45, 2.75) is 39.2 Å². The molecule has 1 atom stereocenters. The summed E-state index contributed by atoms with van der Waals surface area (Å²) in [5.41, 5.74) is 3.43. The number of hydrogen-bond acceptors (Lipinski definition) is 5. The average molecular weight is 406 g/mol. The van der Waals surface area contributed by atoms with Crippen molar-refractivity contribution in [1.82, 2.24) is 19.9 Å². The molecule has 2 N–H and O–H groups in total. The van der Waals surface area contributed by atoms with E-state index in [0.29, 0.717) is 16.9 Å². The molecule has 2 aromatic heterocycles. The number of nitrogens with one attached hydrogen (secondary N) is 2. The first-order valence-electron chi connectivity index (χ1n) is 10.3. The molecule has 156 valence electrons. The molecule has 30 heavy (non-hydrogen) atoms. The van der Waals surface area contributed by atoms with Gasteiger partial charge in [-0.3, -0.25) is 9.59 Å². The van der Waals surface area contributed by atoms with Crippen LogP contribution in [0.2, 0.25) is 0 Å². The lowest BCUT2D eigenvalue weighted by molar-refractivity contribution is -0.116. The number of amides is 2. The molecule has 3 aromatic rings. The van der Waals surface area contributed by atoms with Crippen LogP contribution in [0.15, 0.2) is 42.7 Å². The number of carbonyl (C=O) groups excluding carboxylic acids is 2. The highest BCUT2D eigenvalue weighted by Gasteiger charge is 2.21. The van der Waals surface area contributed by atoms with E-state index < -0.39 is 0 Å². The van der Waals surface area contributed by atoms with Gasteiger partial charge in [0.1, 0.15) is 5.56 Å². The number of fused-ring (bicyclic) bond motifs is 1. The van der Waals surface area contributed by atoms with E-state index in [9.17, 15) is 9.59 Å². The van der Waals surface area contributed by atoms with Crippen molar-refractivity contribution in [2.75, 3.05) is 23.3 Å². The molecule has 3 heterocycles. The molecular formula is C22H26N6O2. The minimum Gasteiger partial charge on any atom is -0.371 e. The van der Waals surface area contributed by atoms with Crippen molar-refractivity contribution in [3.05, 3.63) is 54.0 Å². The molecule has 1 aromatic carbocycles. The molecule has 1 fully saturated rings. The maximum atomic E-state index is 12.7. The van der Waals surface area contributed by atoms with E-state index in [1.807, 2.05) is 25.1 Å². The minimum absolute atomic E-state index is 0.143. The van der Waals surface area contributed by atoms with E-state index in [1.165, 1.54) is 12.8 Å². The Morgan fingerprint density at radius 1 is 1.20 bits per heavy atom. The predicted molar refractivity (Wildman–Crippen MR) is 116 cm³/mol. The van der Waals surface area contributed by atoms with Crippen LogP contribution in [-0.2, 0) is 4.79 Å². The molecule has 0 aliphatic carbocycles. The Kier molecular flexibility index (Phi) is 5.65. The second-order valence-electron chi connectivity index (χ2n) is 7.72. The van der Waals surface area contributed by atoms with Crippen LogP contribution in [0.4, 0.5) is 11.4 Å². The molecule has 0 spiro atoms. The normalized spacial score (nSPS) is 14.7. The third-order valence-electron chi connectivity index (χ3n) is 5.27. The average Bonchev–Trinajstić information content (AvgIpc) is 3.35. The SMILES string of the molecule is Cc1nn2cccnc2c1C(=O)NC(C)CC(=O)Nc1cccc(N2CCCC2)c1. The van der Waals surface area contributed by atoms with Crippen LogP contribution < -0.4 is 15.5 Å². The fraction of sp³-hybridized carbons (Fsp3) is 0.364. The van der Waals surface area contributed by atoms with Gasteiger partial charge in [-0.25, -0.2) is 9.50 Å². The van der Waals surface area contributed by atoms with Gasteiger partial charge < -0.3 is 15.5 Å². The van der Waals surface area contributed by atoms with Crippen molar-refractivity contribution in [3.8, 4) is 0 Å².